The molecular weight excluding hydrogens is 277 g/mol. The molecule has 1 aliphatic rings. The van der Waals surface area contributed by atoms with Gasteiger partial charge in [-0.1, -0.05) is 50.0 Å². The van der Waals surface area contributed by atoms with E-state index >= 15 is 0 Å². The highest BCUT2D eigenvalue weighted by Gasteiger charge is 2.31. The third kappa shape index (κ3) is 3.87. The van der Waals surface area contributed by atoms with Crippen molar-refractivity contribution in [3.05, 3.63) is 33.8 Å². The Hall–Kier alpha value is -0.240. The molecule has 0 bridgehead atoms. The summed E-state index contributed by atoms with van der Waals surface area (Å²) in [4.78, 5) is 0. The summed E-state index contributed by atoms with van der Waals surface area (Å²) in [6, 6.07) is 6.95. The summed E-state index contributed by atoms with van der Waals surface area (Å²) in [5.74, 6) is 0. The highest BCUT2D eigenvalue weighted by Crippen LogP contribution is 2.38. The molecule has 0 aromatic heterocycles. The predicted octanol–water partition coefficient (Wildman–Crippen LogP) is 5.61. The molecular formula is C16H23Cl2N. The van der Waals surface area contributed by atoms with Gasteiger partial charge in [0.15, 0.2) is 0 Å². The molecule has 1 aromatic carbocycles. The summed E-state index contributed by atoms with van der Waals surface area (Å²) in [5, 5.41) is 5.05. The number of benzene rings is 1. The minimum atomic E-state index is 0.369. The molecule has 0 heterocycles. The monoisotopic (exact) mass is 299 g/mol. The quantitative estimate of drug-likeness (QED) is 0.761. The van der Waals surface area contributed by atoms with Crippen molar-refractivity contribution in [2.45, 2.75) is 58.5 Å². The predicted molar refractivity (Wildman–Crippen MR) is 84.0 cm³/mol. The average Bonchev–Trinajstić information content (AvgIpc) is 2.69. The minimum Gasteiger partial charge on any atom is -0.307 e. The van der Waals surface area contributed by atoms with Gasteiger partial charge in [0.25, 0.3) is 0 Å². The van der Waals surface area contributed by atoms with Gasteiger partial charge in [-0.25, -0.2) is 0 Å². The Morgan fingerprint density at radius 1 is 1.32 bits per heavy atom. The van der Waals surface area contributed by atoms with Crippen LogP contribution in [0.3, 0.4) is 0 Å². The van der Waals surface area contributed by atoms with E-state index in [1.165, 1.54) is 24.8 Å². The van der Waals surface area contributed by atoms with Crippen LogP contribution in [-0.2, 0) is 0 Å². The van der Waals surface area contributed by atoms with Crippen LogP contribution in [0.1, 0.15) is 58.1 Å². The smallest absolute Gasteiger partial charge is 0.0595 e. The Bertz CT molecular complexity index is 442. The lowest BCUT2D eigenvalue weighted by molar-refractivity contribution is 0.350. The SMILES string of the molecule is CCC(NC1CCC(C)(C)C1)c1ccc(Cl)c(Cl)c1. The lowest BCUT2D eigenvalue weighted by atomic mass is 9.91. The first kappa shape index (κ1) is 15.2. The van der Waals surface area contributed by atoms with Crippen molar-refractivity contribution in [3.63, 3.8) is 0 Å². The molecule has 1 nitrogen and oxygen atoms in total. The number of hydrogen-bond donors (Lipinski definition) is 1. The molecule has 2 rings (SSSR count). The number of halogens is 2. The Labute approximate surface area is 126 Å². The van der Waals surface area contributed by atoms with Crippen molar-refractivity contribution in [2.75, 3.05) is 0 Å². The van der Waals surface area contributed by atoms with E-state index in [1.54, 1.807) is 0 Å². The molecule has 1 aliphatic carbocycles. The van der Waals surface area contributed by atoms with Crippen LogP contribution < -0.4 is 5.32 Å². The zero-order chi connectivity index (χ0) is 14.0. The van der Waals surface area contributed by atoms with E-state index in [-0.39, 0.29) is 0 Å². The zero-order valence-electron chi connectivity index (χ0n) is 12.0. The van der Waals surface area contributed by atoms with E-state index in [9.17, 15) is 0 Å². The second-order valence-corrected chi connectivity index (χ2v) is 7.22. The lowest BCUT2D eigenvalue weighted by Crippen LogP contribution is -2.31. The molecule has 0 aliphatic heterocycles. The summed E-state index contributed by atoms with van der Waals surface area (Å²) in [6.45, 7) is 6.92. The largest absolute Gasteiger partial charge is 0.307 e. The summed E-state index contributed by atoms with van der Waals surface area (Å²) >= 11 is 12.1. The first-order chi connectivity index (χ1) is 8.91. The molecule has 1 aromatic rings. The fourth-order valence-electron chi connectivity index (χ4n) is 3.04. The van der Waals surface area contributed by atoms with Gasteiger partial charge in [0.1, 0.15) is 0 Å². The van der Waals surface area contributed by atoms with Crippen molar-refractivity contribution in [3.8, 4) is 0 Å². The average molecular weight is 300 g/mol. The van der Waals surface area contributed by atoms with Gasteiger partial charge >= 0.3 is 0 Å². The molecule has 1 fully saturated rings. The molecule has 0 spiro atoms. The maximum absolute atomic E-state index is 6.12. The molecule has 3 heteroatoms. The van der Waals surface area contributed by atoms with E-state index in [1.807, 2.05) is 12.1 Å². The highest BCUT2D eigenvalue weighted by molar-refractivity contribution is 6.42. The summed E-state index contributed by atoms with van der Waals surface area (Å²) < 4.78 is 0. The van der Waals surface area contributed by atoms with Crippen LogP contribution in [0.4, 0.5) is 0 Å². The second kappa shape index (κ2) is 6.03. The summed E-state index contributed by atoms with van der Waals surface area (Å²) in [7, 11) is 0. The fourth-order valence-corrected chi connectivity index (χ4v) is 3.35. The molecule has 1 saturated carbocycles. The van der Waals surface area contributed by atoms with Crippen LogP contribution >= 0.6 is 23.2 Å². The first-order valence-corrected chi connectivity index (χ1v) is 7.88. The van der Waals surface area contributed by atoms with E-state index < -0.39 is 0 Å². The third-order valence-electron chi connectivity index (χ3n) is 4.16. The molecule has 1 N–H and O–H groups in total. The Kier molecular flexibility index (Phi) is 4.81. The fraction of sp³-hybridized carbons (Fsp3) is 0.625. The number of nitrogens with one attached hydrogen (secondary N) is 1. The molecule has 19 heavy (non-hydrogen) atoms. The maximum atomic E-state index is 6.12. The van der Waals surface area contributed by atoms with Crippen LogP contribution in [0.25, 0.3) is 0 Å². The normalized spacial score (nSPS) is 23.5. The van der Waals surface area contributed by atoms with Crippen LogP contribution in [0.2, 0.25) is 10.0 Å². The van der Waals surface area contributed by atoms with Crippen molar-refractivity contribution >= 4 is 23.2 Å². The summed E-state index contributed by atoms with van der Waals surface area (Å²) in [5.41, 5.74) is 1.72. The van der Waals surface area contributed by atoms with Gasteiger partial charge in [-0.2, -0.15) is 0 Å². The van der Waals surface area contributed by atoms with Crippen LogP contribution in [0.5, 0.6) is 0 Å². The van der Waals surface area contributed by atoms with Gasteiger partial charge in [-0.15, -0.1) is 0 Å². The first-order valence-electron chi connectivity index (χ1n) is 7.12. The van der Waals surface area contributed by atoms with E-state index in [0.717, 1.165) is 6.42 Å². The third-order valence-corrected chi connectivity index (χ3v) is 4.90. The number of hydrogen-bond acceptors (Lipinski definition) is 1. The van der Waals surface area contributed by atoms with Gasteiger partial charge in [0, 0.05) is 12.1 Å². The van der Waals surface area contributed by atoms with Gasteiger partial charge in [0.05, 0.1) is 10.0 Å². The topological polar surface area (TPSA) is 12.0 Å². The van der Waals surface area contributed by atoms with Crippen LogP contribution in [0, 0.1) is 5.41 Å². The Balaban J connectivity index is 2.06. The molecule has 2 unspecified atom stereocenters. The van der Waals surface area contributed by atoms with Gasteiger partial charge in [-0.05, 0) is 48.8 Å². The molecule has 2 atom stereocenters. The molecule has 106 valence electrons. The number of rotatable bonds is 4. The van der Waals surface area contributed by atoms with E-state index in [4.69, 9.17) is 23.2 Å². The van der Waals surface area contributed by atoms with Crippen LogP contribution in [0.15, 0.2) is 18.2 Å². The van der Waals surface area contributed by atoms with Crippen molar-refractivity contribution in [2.24, 2.45) is 5.41 Å². The summed E-state index contributed by atoms with van der Waals surface area (Å²) in [6.07, 6.45) is 4.90. The molecule has 0 amide bonds. The molecule has 0 saturated heterocycles. The van der Waals surface area contributed by atoms with Crippen LogP contribution in [-0.4, -0.2) is 6.04 Å². The lowest BCUT2D eigenvalue weighted by Gasteiger charge is -2.24. The van der Waals surface area contributed by atoms with Crippen molar-refractivity contribution in [1.82, 2.24) is 5.32 Å². The van der Waals surface area contributed by atoms with Gasteiger partial charge in [0.2, 0.25) is 0 Å². The van der Waals surface area contributed by atoms with Crippen molar-refractivity contribution in [1.29, 1.82) is 0 Å². The maximum Gasteiger partial charge on any atom is 0.0595 e. The minimum absolute atomic E-state index is 0.369. The second-order valence-electron chi connectivity index (χ2n) is 6.40. The van der Waals surface area contributed by atoms with E-state index in [2.05, 4.69) is 32.2 Å². The Morgan fingerprint density at radius 2 is 2.05 bits per heavy atom. The van der Waals surface area contributed by atoms with E-state index in [0.29, 0.717) is 27.5 Å². The molecule has 0 radical (unpaired) electrons. The van der Waals surface area contributed by atoms with Gasteiger partial charge in [-0.3, -0.25) is 0 Å². The highest BCUT2D eigenvalue weighted by atomic mass is 35.5. The zero-order valence-corrected chi connectivity index (χ0v) is 13.5. The Morgan fingerprint density at radius 3 is 2.58 bits per heavy atom. The van der Waals surface area contributed by atoms with Gasteiger partial charge < -0.3 is 5.32 Å². The van der Waals surface area contributed by atoms with Crippen molar-refractivity contribution < 1.29 is 0 Å². The standard InChI is InChI=1S/C16H23Cl2N/c1-4-15(11-5-6-13(17)14(18)9-11)19-12-7-8-16(2,3)10-12/h5-6,9,12,15,19H,4,7-8,10H2,1-3H3.